The number of nitrogens with two attached hydrogens (primary N) is 2. The van der Waals surface area contributed by atoms with E-state index in [1.165, 1.54) is 24.8 Å². The Kier molecular flexibility index (Phi) is 3.10. The van der Waals surface area contributed by atoms with Crippen LogP contribution in [-0.2, 0) is 10.0 Å². The van der Waals surface area contributed by atoms with Gasteiger partial charge in [0, 0.05) is 15.9 Å². The van der Waals surface area contributed by atoms with E-state index < -0.39 is 16.9 Å². The van der Waals surface area contributed by atoms with Crippen molar-refractivity contribution in [2.75, 3.05) is 5.73 Å². The van der Waals surface area contributed by atoms with Crippen molar-refractivity contribution in [1.29, 1.82) is 0 Å². The van der Waals surface area contributed by atoms with Crippen LogP contribution in [-0.4, -0.2) is 28.4 Å². The molecule has 3 rings (SSSR count). The number of rotatable bonds is 3. The number of sulfonamides is 1. The molecule has 0 radical (unpaired) electrons. The number of nitrogen functional groups attached to an aromatic ring is 1. The molecule has 0 bridgehead atoms. The highest BCUT2D eigenvalue weighted by Crippen LogP contribution is 2.27. The lowest BCUT2D eigenvalue weighted by Gasteiger charge is -2.10. The molecule has 0 aliphatic rings. The zero-order chi connectivity index (χ0) is 19.8. The molecule has 0 aliphatic carbocycles. The zero-order valence-electron chi connectivity index (χ0n) is 15.2. The van der Waals surface area contributed by atoms with E-state index in [-0.39, 0.29) is 33.2 Å². The number of hydrogen-bond acceptors (Lipinski definition) is 7. The molecule has 24 heavy (non-hydrogen) atoms. The average molecular weight is 345 g/mol. The normalized spacial score (nSPS) is 13.8. The standard InChI is InChI=1S/C15H14N6O2S/c1-9-2-3-10(24(17,22)23)6-11(9)13-7-19-15(16)14(21-13)12-4-5-18-8-20-12/h2-8H,1H3,(H2,16,19)(H2,17,22,23)/i1D3. The van der Waals surface area contributed by atoms with Crippen molar-refractivity contribution < 1.29 is 12.5 Å². The maximum atomic E-state index is 11.7. The van der Waals surface area contributed by atoms with Crippen LogP contribution >= 0.6 is 0 Å². The molecule has 0 atom stereocenters. The molecule has 0 saturated carbocycles. The van der Waals surface area contributed by atoms with Crippen LogP contribution in [0.4, 0.5) is 5.82 Å². The van der Waals surface area contributed by atoms with Gasteiger partial charge in [-0.2, -0.15) is 0 Å². The Hall–Kier alpha value is -2.91. The summed E-state index contributed by atoms with van der Waals surface area (Å²) in [5.41, 5.74) is 6.55. The summed E-state index contributed by atoms with van der Waals surface area (Å²) < 4.78 is 46.5. The second-order valence-electron chi connectivity index (χ2n) is 4.84. The van der Waals surface area contributed by atoms with Gasteiger partial charge in [-0.05, 0) is 30.6 Å². The Morgan fingerprint density at radius 3 is 2.67 bits per heavy atom. The van der Waals surface area contributed by atoms with E-state index in [9.17, 15) is 8.42 Å². The van der Waals surface area contributed by atoms with Crippen molar-refractivity contribution in [3.63, 3.8) is 0 Å². The van der Waals surface area contributed by atoms with Gasteiger partial charge in [0.05, 0.1) is 22.5 Å². The third-order valence-corrected chi connectivity index (χ3v) is 4.13. The number of anilines is 1. The van der Waals surface area contributed by atoms with E-state index in [1.54, 1.807) is 6.07 Å². The largest absolute Gasteiger partial charge is 0.382 e. The molecule has 1 aromatic carbocycles. The Bertz CT molecular complexity index is 1100. The highest BCUT2D eigenvalue weighted by molar-refractivity contribution is 7.89. The molecule has 0 fully saturated rings. The lowest BCUT2D eigenvalue weighted by Crippen LogP contribution is -2.12. The van der Waals surface area contributed by atoms with E-state index >= 15 is 0 Å². The lowest BCUT2D eigenvalue weighted by atomic mass is 10.1. The highest BCUT2D eigenvalue weighted by atomic mass is 32.2. The molecule has 122 valence electrons. The molecule has 2 heterocycles. The van der Waals surface area contributed by atoms with E-state index in [1.807, 2.05) is 0 Å². The molecule has 8 nitrogen and oxygen atoms in total. The molecule has 2 aromatic heterocycles. The van der Waals surface area contributed by atoms with Crippen molar-refractivity contribution >= 4 is 15.8 Å². The topological polar surface area (TPSA) is 138 Å². The summed E-state index contributed by atoms with van der Waals surface area (Å²) in [4.78, 5) is 16.0. The highest BCUT2D eigenvalue weighted by Gasteiger charge is 2.15. The van der Waals surface area contributed by atoms with Gasteiger partial charge >= 0.3 is 0 Å². The molecule has 9 heteroatoms. The maximum absolute atomic E-state index is 11.7. The van der Waals surface area contributed by atoms with Crippen molar-refractivity contribution in [3.05, 3.63) is 48.5 Å². The molecular weight excluding hydrogens is 328 g/mol. The third kappa shape index (κ3) is 3.07. The van der Waals surface area contributed by atoms with Gasteiger partial charge in [0.15, 0.2) is 5.82 Å². The number of hydrogen-bond donors (Lipinski definition) is 2. The number of aryl methyl sites for hydroxylation is 1. The quantitative estimate of drug-likeness (QED) is 0.725. The third-order valence-electron chi connectivity index (χ3n) is 3.22. The summed E-state index contributed by atoms with van der Waals surface area (Å²) in [6, 6.07) is 5.04. The predicted octanol–water partition coefficient (Wildman–Crippen LogP) is 1.14. The van der Waals surface area contributed by atoms with Crippen molar-refractivity contribution in [3.8, 4) is 22.6 Å². The van der Waals surface area contributed by atoms with Crippen LogP contribution in [0.15, 0.2) is 47.9 Å². The molecule has 0 spiro atoms. The van der Waals surface area contributed by atoms with Gasteiger partial charge in [-0.3, -0.25) is 0 Å². The maximum Gasteiger partial charge on any atom is 0.238 e. The van der Waals surface area contributed by atoms with Gasteiger partial charge in [-0.25, -0.2) is 33.5 Å². The van der Waals surface area contributed by atoms with Crippen LogP contribution < -0.4 is 10.9 Å². The number of aromatic nitrogens is 4. The number of benzene rings is 1. The Morgan fingerprint density at radius 1 is 1.17 bits per heavy atom. The van der Waals surface area contributed by atoms with Gasteiger partial charge in [-0.1, -0.05) is 6.07 Å². The van der Waals surface area contributed by atoms with Crippen molar-refractivity contribution in [2.45, 2.75) is 11.7 Å². The fraction of sp³-hybridized carbons (Fsp3) is 0.0667. The summed E-state index contributed by atoms with van der Waals surface area (Å²) in [6.07, 6.45) is 4.06. The Morgan fingerprint density at radius 2 is 2.00 bits per heavy atom. The first kappa shape index (κ1) is 12.5. The van der Waals surface area contributed by atoms with E-state index in [0.717, 1.165) is 12.1 Å². The summed E-state index contributed by atoms with van der Waals surface area (Å²) >= 11 is 0. The second-order valence-corrected chi connectivity index (χ2v) is 6.40. The molecule has 0 aliphatic heterocycles. The van der Waals surface area contributed by atoms with Crippen LogP contribution in [0.25, 0.3) is 22.6 Å². The second kappa shape index (κ2) is 5.95. The number of primary sulfonamides is 1. The fourth-order valence-electron chi connectivity index (χ4n) is 2.06. The zero-order valence-corrected chi connectivity index (χ0v) is 13.0. The number of nitrogens with zero attached hydrogens (tertiary/aromatic N) is 4. The van der Waals surface area contributed by atoms with Crippen LogP contribution in [0, 0.1) is 6.85 Å². The Balaban J connectivity index is 2.27. The van der Waals surface area contributed by atoms with Gasteiger partial charge < -0.3 is 5.73 Å². The molecular formula is C15H14N6O2S. The molecule has 4 N–H and O–H groups in total. The van der Waals surface area contributed by atoms with E-state index in [2.05, 4.69) is 19.9 Å². The molecule has 0 amide bonds. The minimum Gasteiger partial charge on any atom is -0.382 e. The summed E-state index contributed by atoms with van der Waals surface area (Å²) in [5.74, 6) is 0.0792. The molecule has 0 saturated heterocycles. The fourth-order valence-corrected chi connectivity index (χ4v) is 2.60. The average Bonchev–Trinajstić information content (AvgIpc) is 2.61. The van der Waals surface area contributed by atoms with Crippen molar-refractivity contribution in [1.82, 2.24) is 19.9 Å². The van der Waals surface area contributed by atoms with Crippen LogP contribution in [0.3, 0.4) is 0 Å². The minimum absolute atomic E-state index is 0.0596. The summed E-state index contributed by atoms with van der Waals surface area (Å²) in [6.45, 7) is -2.51. The van der Waals surface area contributed by atoms with E-state index in [0.29, 0.717) is 5.69 Å². The Labute approximate surface area is 142 Å². The van der Waals surface area contributed by atoms with Gasteiger partial charge in [-0.15, -0.1) is 0 Å². The van der Waals surface area contributed by atoms with E-state index in [4.69, 9.17) is 15.0 Å². The lowest BCUT2D eigenvalue weighted by molar-refractivity contribution is 0.598. The first-order valence-corrected chi connectivity index (χ1v) is 8.18. The van der Waals surface area contributed by atoms with Gasteiger partial charge in [0.25, 0.3) is 0 Å². The molecule has 0 unspecified atom stereocenters. The van der Waals surface area contributed by atoms with Gasteiger partial charge in [0.1, 0.15) is 12.0 Å². The first-order chi connectivity index (χ1) is 12.6. The first-order valence-electron chi connectivity index (χ1n) is 8.14. The summed E-state index contributed by atoms with van der Waals surface area (Å²) in [7, 11) is -4.04. The molecule has 3 aromatic rings. The van der Waals surface area contributed by atoms with Crippen LogP contribution in [0.1, 0.15) is 9.68 Å². The predicted molar refractivity (Wildman–Crippen MR) is 89.0 cm³/mol. The van der Waals surface area contributed by atoms with Crippen LogP contribution in [0.2, 0.25) is 0 Å². The monoisotopic (exact) mass is 345 g/mol. The van der Waals surface area contributed by atoms with Crippen molar-refractivity contribution in [2.24, 2.45) is 5.14 Å². The van der Waals surface area contributed by atoms with Crippen LogP contribution in [0.5, 0.6) is 0 Å². The minimum atomic E-state index is -4.04. The van der Waals surface area contributed by atoms with Gasteiger partial charge in [0.2, 0.25) is 10.0 Å². The summed E-state index contributed by atoms with van der Waals surface area (Å²) in [5, 5.41) is 5.17. The smallest absolute Gasteiger partial charge is 0.238 e. The SMILES string of the molecule is [2H]C([2H])([2H])c1ccc(S(N)(=O)=O)cc1-c1cnc(N)c(-c2ccncn2)n1.